The van der Waals surface area contributed by atoms with Crippen LogP contribution in [-0.2, 0) is 9.59 Å². The third kappa shape index (κ3) is 7.37. The highest BCUT2D eigenvalue weighted by Gasteiger charge is 2.07. The zero-order chi connectivity index (χ0) is 19.6. The number of ether oxygens (including phenoxy) is 1. The Morgan fingerprint density at radius 2 is 1.56 bits per heavy atom. The summed E-state index contributed by atoms with van der Waals surface area (Å²) >= 11 is 5.78. The van der Waals surface area contributed by atoms with E-state index in [1.807, 2.05) is 0 Å². The summed E-state index contributed by atoms with van der Waals surface area (Å²) in [5.74, 6) is -0.188. The molecule has 3 amide bonds. The summed E-state index contributed by atoms with van der Waals surface area (Å²) in [5.41, 5.74) is 1.00. The Kier molecular flexibility index (Phi) is 7.63. The molecule has 142 valence electrons. The molecule has 0 aromatic heterocycles. The number of halogens is 1. The number of carbonyl (C=O) groups excluding carboxylic acids is 3. The Balaban J connectivity index is 1.77. The number of benzene rings is 2. The third-order valence-corrected chi connectivity index (χ3v) is 3.65. The van der Waals surface area contributed by atoms with Crippen molar-refractivity contribution in [2.24, 2.45) is 0 Å². The van der Waals surface area contributed by atoms with Crippen LogP contribution < -0.4 is 20.7 Å². The van der Waals surface area contributed by atoms with Crippen molar-refractivity contribution in [1.29, 1.82) is 0 Å². The van der Waals surface area contributed by atoms with Gasteiger partial charge >= 0.3 is 0 Å². The van der Waals surface area contributed by atoms with Gasteiger partial charge in [-0.1, -0.05) is 11.6 Å². The largest absolute Gasteiger partial charge is 0.484 e. The lowest BCUT2D eigenvalue weighted by molar-refractivity contribution is -0.119. The molecule has 0 fully saturated rings. The zero-order valence-electron chi connectivity index (χ0n) is 14.8. The molecule has 3 N–H and O–H groups in total. The standard InChI is InChI=1S/C19H20ClN3O4/c1-13(24)21-10-11-22-19(26)14-2-6-16(7-3-14)23-18(25)12-27-17-8-4-15(20)5-9-17/h2-9H,10-12H2,1H3,(H,21,24)(H,22,26)(H,23,25). The van der Waals surface area contributed by atoms with Crippen molar-refractivity contribution in [2.75, 3.05) is 25.0 Å². The van der Waals surface area contributed by atoms with E-state index < -0.39 is 0 Å². The normalized spacial score (nSPS) is 10.0. The molecule has 0 heterocycles. The van der Waals surface area contributed by atoms with Gasteiger partial charge in [0.2, 0.25) is 5.91 Å². The third-order valence-electron chi connectivity index (χ3n) is 3.40. The molecule has 0 saturated carbocycles. The second-order valence-corrected chi connectivity index (χ2v) is 6.04. The smallest absolute Gasteiger partial charge is 0.262 e. The lowest BCUT2D eigenvalue weighted by atomic mass is 10.2. The fourth-order valence-corrected chi connectivity index (χ4v) is 2.22. The number of amides is 3. The summed E-state index contributed by atoms with van der Waals surface area (Å²) in [6.07, 6.45) is 0. The summed E-state index contributed by atoms with van der Waals surface area (Å²) in [4.78, 5) is 34.6. The molecule has 8 heteroatoms. The zero-order valence-corrected chi connectivity index (χ0v) is 15.5. The lowest BCUT2D eigenvalue weighted by Crippen LogP contribution is -2.33. The Labute approximate surface area is 162 Å². The molecule has 0 aliphatic rings. The van der Waals surface area contributed by atoms with Gasteiger partial charge in [0.05, 0.1) is 0 Å². The van der Waals surface area contributed by atoms with Crippen molar-refractivity contribution in [3.8, 4) is 5.75 Å². The number of nitrogens with one attached hydrogen (secondary N) is 3. The molecule has 0 aliphatic heterocycles. The molecule has 0 radical (unpaired) electrons. The number of hydrogen-bond donors (Lipinski definition) is 3. The van der Waals surface area contributed by atoms with Crippen molar-refractivity contribution in [1.82, 2.24) is 10.6 Å². The highest BCUT2D eigenvalue weighted by molar-refractivity contribution is 6.30. The predicted octanol–water partition coefficient (Wildman–Crippen LogP) is 2.22. The summed E-state index contributed by atoms with van der Waals surface area (Å²) in [6, 6.07) is 13.2. The van der Waals surface area contributed by atoms with Gasteiger partial charge in [-0.3, -0.25) is 14.4 Å². The van der Waals surface area contributed by atoms with Crippen molar-refractivity contribution in [3.05, 3.63) is 59.1 Å². The SMILES string of the molecule is CC(=O)NCCNC(=O)c1ccc(NC(=O)COc2ccc(Cl)cc2)cc1. The van der Waals surface area contributed by atoms with Gasteiger partial charge in [-0.05, 0) is 48.5 Å². The maximum atomic E-state index is 12.0. The molecule has 2 rings (SSSR count). The van der Waals surface area contributed by atoms with Crippen LogP contribution >= 0.6 is 11.6 Å². The van der Waals surface area contributed by atoms with Crippen LogP contribution in [-0.4, -0.2) is 37.4 Å². The summed E-state index contributed by atoms with van der Waals surface area (Å²) in [7, 11) is 0. The minimum Gasteiger partial charge on any atom is -0.484 e. The van der Waals surface area contributed by atoms with E-state index in [0.717, 1.165) is 0 Å². The summed E-state index contributed by atoms with van der Waals surface area (Å²) < 4.78 is 5.36. The van der Waals surface area contributed by atoms with Crippen LogP contribution in [0.2, 0.25) is 5.02 Å². The Bertz CT molecular complexity index is 792. The van der Waals surface area contributed by atoms with Crippen LogP contribution in [0.25, 0.3) is 0 Å². The van der Waals surface area contributed by atoms with Gasteiger partial charge in [-0.25, -0.2) is 0 Å². The molecule has 0 spiro atoms. The van der Waals surface area contributed by atoms with Crippen molar-refractivity contribution in [3.63, 3.8) is 0 Å². The van der Waals surface area contributed by atoms with E-state index in [-0.39, 0.29) is 24.3 Å². The quantitative estimate of drug-likeness (QED) is 0.603. The maximum Gasteiger partial charge on any atom is 0.262 e. The maximum absolute atomic E-state index is 12.0. The van der Waals surface area contributed by atoms with Gasteiger partial charge in [-0.2, -0.15) is 0 Å². The van der Waals surface area contributed by atoms with Gasteiger partial charge in [0.25, 0.3) is 11.8 Å². The van der Waals surface area contributed by atoms with E-state index >= 15 is 0 Å². The molecule has 0 aliphatic carbocycles. The number of anilines is 1. The second kappa shape index (κ2) is 10.2. The van der Waals surface area contributed by atoms with Crippen LogP contribution in [0, 0.1) is 0 Å². The fraction of sp³-hybridized carbons (Fsp3) is 0.211. The van der Waals surface area contributed by atoms with E-state index in [1.54, 1.807) is 48.5 Å². The first-order valence-corrected chi connectivity index (χ1v) is 8.63. The molecule has 0 atom stereocenters. The van der Waals surface area contributed by atoms with E-state index in [2.05, 4.69) is 16.0 Å². The monoisotopic (exact) mass is 389 g/mol. The first kappa shape index (κ1) is 20.3. The van der Waals surface area contributed by atoms with Crippen molar-refractivity contribution in [2.45, 2.75) is 6.92 Å². The number of carbonyl (C=O) groups is 3. The molecule has 27 heavy (non-hydrogen) atoms. The topological polar surface area (TPSA) is 96.5 Å². The highest BCUT2D eigenvalue weighted by atomic mass is 35.5. The van der Waals surface area contributed by atoms with Gasteiger partial charge < -0.3 is 20.7 Å². The van der Waals surface area contributed by atoms with Gasteiger partial charge in [0, 0.05) is 36.3 Å². The average molecular weight is 390 g/mol. The number of hydrogen-bond acceptors (Lipinski definition) is 4. The molecular formula is C19H20ClN3O4. The van der Waals surface area contributed by atoms with Crippen molar-refractivity contribution < 1.29 is 19.1 Å². The van der Waals surface area contributed by atoms with E-state index in [0.29, 0.717) is 35.1 Å². The van der Waals surface area contributed by atoms with Crippen molar-refractivity contribution >= 4 is 35.0 Å². The molecule has 0 unspecified atom stereocenters. The Hall–Kier alpha value is -3.06. The van der Waals surface area contributed by atoms with Gasteiger partial charge in [0.15, 0.2) is 6.61 Å². The van der Waals surface area contributed by atoms with Crippen LogP contribution in [0.15, 0.2) is 48.5 Å². The van der Waals surface area contributed by atoms with Gasteiger partial charge in [0.1, 0.15) is 5.75 Å². The average Bonchev–Trinajstić information content (AvgIpc) is 2.65. The van der Waals surface area contributed by atoms with E-state index in [4.69, 9.17) is 16.3 Å². The summed E-state index contributed by atoms with van der Waals surface area (Å²) in [5, 5.41) is 8.55. The Morgan fingerprint density at radius 3 is 2.19 bits per heavy atom. The molecule has 7 nitrogen and oxygen atoms in total. The molecule has 0 saturated heterocycles. The highest BCUT2D eigenvalue weighted by Crippen LogP contribution is 2.15. The first-order valence-electron chi connectivity index (χ1n) is 8.25. The first-order chi connectivity index (χ1) is 12.9. The fourth-order valence-electron chi connectivity index (χ4n) is 2.10. The molecule has 0 bridgehead atoms. The van der Waals surface area contributed by atoms with E-state index in [1.165, 1.54) is 6.92 Å². The molecule has 2 aromatic carbocycles. The number of rotatable bonds is 8. The van der Waals surface area contributed by atoms with E-state index in [9.17, 15) is 14.4 Å². The second-order valence-electron chi connectivity index (χ2n) is 5.61. The Morgan fingerprint density at radius 1 is 0.926 bits per heavy atom. The predicted molar refractivity (Wildman–Crippen MR) is 103 cm³/mol. The van der Waals surface area contributed by atoms with Crippen LogP contribution in [0.4, 0.5) is 5.69 Å². The van der Waals surface area contributed by atoms with Crippen LogP contribution in [0.5, 0.6) is 5.75 Å². The molecular weight excluding hydrogens is 370 g/mol. The minimum absolute atomic E-state index is 0.146. The summed E-state index contributed by atoms with van der Waals surface area (Å²) in [6.45, 7) is 1.96. The van der Waals surface area contributed by atoms with Gasteiger partial charge in [-0.15, -0.1) is 0 Å². The molecule has 2 aromatic rings. The van der Waals surface area contributed by atoms with Crippen LogP contribution in [0.3, 0.4) is 0 Å². The lowest BCUT2D eigenvalue weighted by Gasteiger charge is -2.09. The van der Waals surface area contributed by atoms with Crippen LogP contribution in [0.1, 0.15) is 17.3 Å². The minimum atomic E-state index is -0.322.